The van der Waals surface area contributed by atoms with Crippen LogP contribution in [0.3, 0.4) is 0 Å². The van der Waals surface area contributed by atoms with E-state index in [0.29, 0.717) is 5.25 Å². The third-order valence-electron chi connectivity index (χ3n) is 2.73. The maximum Gasteiger partial charge on any atom is 0.157 e. The Kier molecular flexibility index (Phi) is 3.61. The van der Waals surface area contributed by atoms with E-state index in [1.807, 2.05) is 11.6 Å². The number of rotatable bonds is 3. The molecule has 2 heterocycles. The van der Waals surface area contributed by atoms with Crippen LogP contribution in [0.15, 0.2) is 46.2 Å². The van der Waals surface area contributed by atoms with Crippen molar-refractivity contribution in [3.8, 4) is 0 Å². The lowest BCUT2D eigenvalue weighted by Crippen LogP contribution is -2.18. The minimum Gasteiger partial charge on any atom is -0.359 e. The zero-order chi connectivity index (χ0) is 12.2. The minimum absolute atomic E-state index is 0.448. The second-order valence-electron chi connectivity index (χ2n) is 4.00. The Morgan fingerprint density at radius 3 is 2.94 bits per heavy atom. The Hall–Kier alpha value is -1.33. The van der Waals surface area contributed by atoms with Gasteiger partial charge in [0.05, 0.1) is 29.5 Å². The van der Waals surface area contributed by atoms with Crippen molar-refractivity contribution in [3.05, 3.63) is 52.5 Å². The van der Waals surface area contributed by atoms with Crippen molar-refractivity contribution in [1.29, 1.82) is 0 Å². The molecular formula is C13H13N3S2. The molecule has 18 heavy (non-hydrogen) atoms. The largest absolute Gasteiger partial charge is 0.359 e. The molecule has 1 unspecified atom stereocenters. The number of nitrogens with one attached hydrogen (secondary N) is 1. The second kappa shape index (κ2) is 5.54. The summed E-state index contributed by atoms with van der Waals surface area (Å²) in [5.74, 6) is 0. The van der Waals surface area contributed by atoms with Gasteiger partial charge in [-0.2, -0.15) is 0 Å². The van der Waals surface area contributed by atoms with E-state index in [1.54, 1.807) is 23.1 Å². The van der Waals surface area contributed by atoms with Crippen LogP contribution in [0.25, 0.3) is 0 Å². The van der Waals surface area contributed by atoms with Gasteiger partial charge in [0, 0.05) is 5.38 Å². The van der Waals surface area contributed by atoms with E-state index in [9.17, 15) is 0 Å². The number of thiazole rings is 1. The van der Waals surface area contributed by atoms with E-state index in [-0.39, 0.29) is 0 Å². The number of thioether (sulfide) groups is 1. The van der Waals surface area contributed by atoms with Crippen LogP contribution in [0, 0.1) is 0 Å². The first-order valence-electron chi connectivity index (χ1n) is 5.79. The zero-order valence-corrected chi connectivity index (χ0v) is 11.4. The second-order valence-corrected chi connectivity index (χ2v) is 5.91. The number of nitrogens with zero attached hydrogens (tertiary/aromatic N) is 2. The van der Waals surface area contributed by atoms with E-state index in [1.165, 1.54) is 5.56 Å². The number of hydrogen-bond acceptors (Lipinski definition) is 5. The van der Waals surface area contributed by atoms with E-state index >= 15 is 0 Å². The monoisotopic (exact) mass is 275 g/mol. The summed E-state index contributed by atoms with van der Waals surface area (Å²) in [6.07, 6.45) is 0. The van der Waals surface area contributed by atoms with E-state index in [4.69, 9.17) is 0 Å². The van der Waals surface area contributed by atoms with Crippen LogP contribution >= 0.6 is 23.1 Å². The fourth-order valence-electron chi connectivity index (χ4n) is 1.80. The molecule has 0 radical (unpaired) electrons. The lowest BCUT2D eigenvalue weighted by Gasteiger charge is -2.08. The number of aliphatic imine (C=N–C) groups is 1. The molecule has 0 amide bonds. The first-order valence-corrected chi connectivity index (χ1v) is 7.61. The quantitative estimate of drug-likeness (QED) is 0.935. The van der Waals surface area contributed by atoms with Gasteiger partial charge < -0.3 is 5.32 Å². The average molecular weight is 275 g/mol. The molecule has 92 valence electrons. The molecule has 1 aromatic carbocycles. The summed E-state index contributed by atoms with van der Waals surface area (Å²) in [5.41, 5.74) is 4.27. The fraction of sp³-hybridized carbons (Fsp3) is 0.231. The molecule has 0 aliphatic carbocycles. The fourth-order valence-corrected chi connectivity index (χ4v) is 3.38. The Bertz CT molecular complexity index is 522. The highest BCUT2D eigenvalue weighted by atomic mass is 32.2. The maximum atomic E-state index is 4.54. The van der Waals surface area contributed by atoms with Crippen molar-refractivity contribution in [3.63, 3.8) is 0 Å². The summed E-state index contributed by atoms with van der Waals surface area (Å²) in [5, 5.41) is 6.87. The van der Waals surface area contributed by atoms with Crippen molar-refractivity contribution in [2.24, 2.45) is 4.99 Å². The Morgan fingerprint density at radius 1 is 1.28 bits per heavy atom. The number of aromatic nitrogens is 1. The highest BCUT2D eigenvalue weighted by Crippen LogP contribution is 2.34. The normalized spacial score (nSPS) is 18.7. The van der Waals surface area contributed by atoms with Gasteiger partial charge in [0.2, 0.25) is 0 Å². The maximum absolute atomic E-state index is 4.54. The average Bonchev–Trinajstić information content (AvgIpc) is 3.09. The summed E-state index contributed by atoms with van der Waals surface area (Å²) < 4.78 is 0. The topological polar surface area (TPSA) is 37.3 Å². The molecule has 5 heteroatoms. The summed E-state index contributed by atoms with van der Waals surface area (Å²) in [6.45, 7) is 1.62. The molecule has 2 aromatic rings. The van der Waals surface area contributed by atoms with Crippen LogP contribution in [0.2, 0.25) is 0 Å². The molecule has 1 aliphatic rings. The van der Waals surface area contributed by atoms with Crippen molar-refractivity contribution in [2.45, 2.75) is 11.8 Å². The van der Waals surface area contributed by atoms with Gasteiger partial charge in [-0.15, -0.1) is 11.3 Å². The summed E-state index contributed by atoms with van der Waals surface area (Å²) in [7, 11) is 0. The molecule has 1 atom stereocenters. The minimum atomic E-state index is 0.448. The van der Waals surface area contributed by atoms with E-state index in [0.717, 1.165) is 24.0 Å². The van der Waals surface area contributed by atoms with Crippen molar-refractivity contribution < 1.29 is 0 Å². The molecule has 0 saturated carbocycles. The standard InChI is InChI=1S/C13H13N3S2/c1-2-4-10(5-3-1)12-7-15-13(18-12)14-6-11-8-17-9-16-11/h1-5,8-9,12H,6-7H2,(H,14,15). The molecule has 3 rings (SSSR count). The lowest BCUT2D eigenvalue weighted by atomic mass is 10.1. The van der Waals surface area contributed by atoms with Gasteiger partial charge in [0.25, 0.3) is 0 Å². The molecule has 1 aromatic heterocycles. The zero-order valence-electron chi connectivity index (χ0n) is 9.74. The molecule has 0 spiro atoms. The van der Waals surface area contributed by atoms with Gasteiger partial charge in [-0.3, -0.25) is 4.99 Å². The predicted octanol–water partition coefficient (Wildman–Crippen LogP) is 3.08. The third-order valence-corrected chi connectivity index (χ3v) is 4.57. The molecule has 0 saturated heterocycles. The smallest absolute Gasteiger partial charge is 0.157 e. The van der Waals surface area contributed by atoms with E-state index < -0.39 is 0 Å². The molecule has 3 nitrogen and oxygen atoms in total. The van der Waals surface area contributed by atoms with Crippen molar-refractivity contribution in [1.82, 2.24) is 10.3 Å². The molecule has 1 aliphatic heterocycles. The van der Waals surface area contributed by atoms with Crippen LogP contribution in [-0.2, 0) is 6.54 Å². The first kappa shape index (κ1) is 11.7. The molecular weight excluding hydrogens is 262 g/mol. The summed E-state index contributed by atoms with van der Waals surface area (Å²) >= 11 is 3.42. The van der Waals surface area contributed by atoms with Crippen molar-refractivity contribution >= 4 is 28.3 Å². The van der Waals surface area contributed by atoms with Crippen LogP contribution < -0.4 is 5.32 Å². The summed E-state index contributed by atoms with van der Waals surface area (Å²) in [6, 6.07) is 10.5. The highest BCUT2D eigenvalue weighted by molar-refractivity contribution is 8.14. The van der Waals surface area contributed by atoms with Gasteiger partial charge in [-0.05, 0) is 5.56 Å². The van der Waals surface area contributed by atoms with Gasteiger partial charge in [0.15, 0.2) is 5.17 Å². The van der Waals surface area contributed by atoms with Gasteiger partial charge >= 0.3 is 0 Å². The molecule has 1 N–H and O–H groups in total. The number of amidine groups is 1. The van der Waals surface area contributed by atoms with Gasteiger partial charge in [-0.25, -0.2) is 4.98 Å². The SMILES string of the molecule is c1ccc(C2CN=C(NCc3cscn3)S2)cc1. The van der Waals surface area contributed by atoms with Crippen LogP contribution in [0.1, 0.15) is 16.5 Å². The third kappa shape index (κ3) is 2.73. The van der Waals surface area contributed by atoms with Crippen LogP contribution in [0.5, 0.6) is 0 Å². The molecule has 0 bridgehead atoms. The Labute approximate surface area is 114 Å². The van der Waals surface area contributed by atoms with E-state index in [2.05, 4.69) is 44.9 Å². The Morgan fingerprint density at radius 2 is 2.17 bits per heavy atom. The summed E-state index contributed by atoms with van der Waals surface area (Å²) in [4.78, 5) is 8.78. The molecule has 0 fully saturated rings. The number of benzene rings is 1. The van der Waals surface area contributed by atoms with Gasteiger partial charge in [-0.1, -0.05) is 42.1 Å². The van der Waals surface area contributed by atoms with Crippen molar-refractivity contribution in [2.75, 3.05) is 6.54 Å². The predicted molar refractivity (Wildman–Crippen MR) is 78.0 cm³/mol. The lowest BCUT2D eigenvalue weighted by molar-refractivity contribution is 0.886. The van der Waals surface area contributed by atoms with Gasteiger partial charge in [0.1, 0.15) is 0 Å². The van der Waals surface area contributed by atoms with Crippen LogP contribution in [-0.4, -0.2) is 16.7 Å². The number of hydrogen-bond donors (Lipinski definition) is 1. The highest BCUT2D eigenvalue weighted by Gasteiger charge is 2.20. The Balaban J connectivity index is 1.55. The first-order chi connectivity index (χ1) is 8.92. The van der Waals surface area contributed by atoms with Crippen LogP contribution in [0.4, 0.5) is 0 Å².